The molecule has 0 radical (unpaired) electrons. The summed E-state index contributed by atoms with van der Waals surface area (Å²) in [6.45, 7) is 5.03. The third kappa shape index (κ3) is 7.12. The SMILES string of the molecule is CC(C)(C)OC(=O)OCCO. The van der Waals surface area contributed by atoms with Crippen molar-refractivity contribution < 1.29 is 19.4 Å². The number of ether oxygens (including phenoxy) is 2. The van der Waals surface area contributed by atoms with Crippen LogP contribution in [0.4, 0.5) is 4.79 Å². The zero-order valence-electron chi connectivity index (χ0n) is 7.09. The highest BCUT2D eigenvalue weighted by molar-refractivity contribution is 5.60. The molecule has 0 aliphatic heterocycles. The van der Waals surface area contributed by atoms with Gasteiger partial charge < -0.3 is 14.6 Å². The molecule has 0 aliphatic carbocycles. The van der Waals surface area contributed by atoms with Crippen molar-refractivity contribution in [3.8, 4) is 0 Å². The Balaban J connectivity index is 3.53. The molecule has 4 heteroatoms. The second kappa shape index (κ2) is 4.18. The van der Waals surface area contributed by atoms with Crippen molar-refractivity contribution in [2.45, 2.75) is 26.4 Å². The summed E-state index contributed by atoms with van der Waals surface area (Å²) < 4.78 is 9.22. The number of aliphatic hydroxyl groups excluding tert-OH is 1. The van der Waals surface area contributed by atoms with Crippen LogP contribution in [0.25, 0.3) is 0 Å². The third-order valence-corrected chi connectivity index (χ3v) is 0.701. The molecule has 0 heterocycles. The maximum absolute atomic E-state index is 10.7. The lowest BCUT2D eigenvalue weighted by molar-refractivity contribution is -0.0126. The summed E-state index contributed by atoms with van der Waals surface area (Å²) in [6, 6.07) is 0. The molecule has 66 valence electrons. The minimum Gasteiger partial charge on any atom is -0.432 e. The van der Waals surface area contributed by atoms with Gasteiger partial charge in [-0.1, -0.05) is 0 Å². The van der Waals surface area contributed by atoms with Crippen molar-refractivity contribution in [3.63, 3.8) is 0 Å². The molecule has 0 aliphatic rings. The Morgan fingerprint density at radius 3 is 2.36 bits per heavy atom. The van der Waals surface area contributed by atoms with E-state index >= 15 is 0 Å². The van der Waals surface area contributed by atoms with Crippen LogP contribution in [0.5, 0.6) is 0 Å². The second-order valence-corrected chi connectivity index (χ2v) is 3.04. The highest BCUT2D eigenvalue weighted by atomic mass is 16.7. The summed E-state index contributed by atoms with van der Waals surface area (Å²) in [5.41, 5.74) is -0.535. The Morgan fingerprint density at radius 1 is 1.45 bits per heavy atom. The monoisotopic (exact) mass is 162 g/mol. The second-order valence-electron chi connectivity index (χ2n) is 3.04. The van der Waals surface area contributed by atoms with Gasteiger partial charge in [0, 0.05) is 0 Å². The van der Waals surface area contributed by atoms with E-state index < -0.39 is 11.8 Å². The summed E-state index contributed by atoms with van der Waals surface area (Å²) in [6.07, 6.45) is -0.744. The third-order valence-electron chi connectivity index (χ3n) is 0.701. The Kier molecular flexibility index (Phi) is 3.89. The van der Waals surface area contributed by atoms with Gasteiger partial charge in [0.05, 0.1) is 6.61 Å². The van der Waals surface area contributed by atoms with Crippen LogP contribution in [0.3, 0.4) is 0 Å². The first-order valence-electron chi connectivity index (χ1n) is 3.42. The summed E-state index contributed by atoms with van der Waals surface area (Å²) >= 11 is 0. The van der Waals surface area contributed by atoms with Gasteiger partial charge in [0.1, 0.15) is 12.2 Å². The van der Waals surface area contributed by atoms with Crippen molar-refractivity contribution in [1.82, 2.24) is 0 Å². The van der Waals surface area contributed by atoms with Crippen molar-refractivity contribution in [2.24, 2.45) is 0 Å². The highest BCUT2D eigenvalue weighted by Gasteiger charge is 2.16. The number of hydrogen-bond donors (Lipinski definition) is 1. The van der Waals surface area contributed by atoms with Crippen LogP contribution in [-0.4, -0.2) is 30.1 Å². The maximum atomic E-state index is 10.7. The first kappa shape index (κ1) is 10.2. The normalized spacial score (nSPS) is 10.9. The van der Waals surface area contributed by atoms with Gasteiger partial charge >= 0.3 is 6.16 Å². The van der Waals surface area contributed by atoms with Gasteiger partial charge in [0.15, 0.2) is 0 Å². The number of hydrogen-bond acceptors (Lipinski definition) is 4. The topological polar surface area (TPSA) is 55.8 Å². The molecule has 4 nitrogen and oxygen atoms in total. The Labute approximate surface area is 66.1 Å². The van der Waals surface area contributed by atoms with Crippen LogP contribution in [-0.2, 0) is 9.47 Å². The van der Waals surface area contributed by atoms with Crippen LogP contribution >= 0.6 is 0 Å². The van der Waals surface area contributed by atoms with E-state index in [2.05, 4.69) is 4.74 Å². The van der Waals surface area contributed by atoms with Crippen LogP contribution < -0.4 is 0 Å². The highest BCUT2D eigenvalue weighted by Crippen LogP contribution is 2.07. The molecule has 0 unspecified atom stereocenters. The minimum atomic E-state index is -0.744. The number of carbonyl (C=O) groups excluding carboxylic acids is 1. The zero-order valence-corrected chi connectivity index (χ0v) is 7.09. The average molecular weight is 162 g/mol. The molecule has 0 saturated heterocycles. The minimum absolute atomic E-state index is 0.0189. The van der Waals surface area contributed by atoms with Crippen molar-refractivity contribution in [3.05, 3.63) is 0 Å². The van der Waals surface area contributed by atoms with Gasteiger partial charge in [-0.3, -0.25) is 0 Å². The maximum Gasteiger partial charge on any atom is 0.508 e. The van der Waals surface area contributed by atoms with Gasteiger partial charge in [-0.2, -0.15) is 0 Å². The van der Waals surface area contributed by atoms with E-state index in [1.165, 1.54) is 0 Å². The van der Waals surface area contributed by atoms with E-state index in [-0.39, 0.29) is 13.2 Å². The summed E-state index contributed by atoms with van der Waals surface area (Å²) in [5, 5.41) is 8.28. The van der Waals surface area contributed by atoms with E-state index in [9.17, 15) is 4.79 Å². The number of rotatable bonds is 2. The molecular weight excluding hydrogens is 148 g/mol. The molecule has 0 aromatic carbocycles. The molecule has 0 fully saturated rings. The van der Waals surface area contributed by atoms with Crippen LogP contribution in [0.1, 0.15) is 20.8 Å². The van der Waals surface area contributed by atoms with E-state index in [0.29, 0.717) is 0 Å². The lowest BCUT2D eigenvalue weighted by atomic mass is 10.2. The molecular formula is C7H14O4. The predicted molar refractivity (Wildman–Crippen MR) is 39.3 cm³/mol. The molecule has 0 spiro atoms. The molecule has 1 N–H and O–H groups in total. The molecule has 0 amide bonds. The fourth-order valence-electron chi connectivity index (χ4n) is 0.408. The van der Waals surface area contributed by atoms with Gasteiger partial charge in [0.25, 0.3) is 0 Å². The van der Waals surface area contributed by atoms with E-state index in [4.69, 9.17) is 9.84 Å². The summed E-state index contributed by atoms with van der Waals surface area (Å²) in [5.74, 6) is 0. The molecule has 0 aromatic heterocycles. The van der Waals surface area contributed by atoms with Gasteiger partial charge in [-0.05, 0) is 20.8 Å². The molecule has 11 heavy (non-hydrogen) atoms. The number of aliphatic hydroxyl groups is 1. The van der Waals surface area contributed by atoms with Crippen molar-refractivity contribution >= 4 is 6.16 Å². The fourth-order valence-corrected chi connectivity index (χ4v) is 0.408. The first-order valence-corrected chi connectivity index (χ1v) is 3.42. The molecule has 0 atom stereocenters. The lowest BCUT2D eigenvalue weighted by Crippen LogP contribution is -2.25. The van der Waals surface area contributed by atoms with Crippen LogP contribution in [0.15, 0.2) is 0 Å². The molecule has 0 aromatic rings. The van der Waals surface area contributed by atoms with Gasteiger partial charge in [-0.15, -0.1) is 0 Å². The molecule has 0 rings (SSSR count). The fraction of sp³-hybridized carbons (Fsp3) is 0.857. The smallest absolute Gasteiger partial charge is 0.432 e. The Morgan fingerprint density at radius 2 is 2.00 bits per heavy atom. The number of carbonyl (C=O) groups is 1. The van der Waals surface area contributed by atoms with Gasteiger partial charge in [0.2, 0.25) is 0 Å². The molecule has 0 saturated carbocycles. The van der Waals surface area contributed by atoms with Crippen LogP contribution in [0, 0.1) is 0 Å². The summed E-state index contributed by atoms with van der Waals surface area (Å²) in [7, 11) is 0. The first-order chi connectivity index (χ1) is 4.95. The molecule has 0 bridgehead atoms. The predicted octanol–water partition coefficient (Wildman–Crippen LogP) is 0.930. The van der Waals surface area contributed by atoms with E-state index in [1.54, 1.807) is 20.8 Å². The zero-order chi connectivity index (χ0) is 8.91. The largest absolute Gasteiger partial charge is 0.508 e. The van der Waals surface area contributed by atoms with Crippen LogP contribution in [0.2, 0.25) is 0 Å². The summed E-state index contributed by atoms with van der Waals surface area (Å²) in [4.78, 5) is 10.7. The van der Waals surface area contributed by atoms with E-state index in [0.717, 1.165) is 0 Å². The van der Waals surface area contributed by atoms with Crippen molar-refractivity contribution in [2.75, 3.05) is 13.2 Å². The van der Waals surface area contributed by atoms with Crippen molar-refractivity contribution in [1.29, 1.82) is 0 Å². The Hall–Kier alpha value is -0.770. The Bertz CT molecular complexity index is 125. The quantitative estimate of drug-likeness (QED) is 0.614. The lowest BCUT2D eigenvalue weighted by Gasteiger charge is -2.18. The van der Waals surface area contributed by atoms with Gasteiger partial charge in [-0.25, -0.2) is 4.79 Å². The van der Waals surface area contributed by atoms with E-state index in [1.807, 2.05) is 0 Å². The standard InChI is InChI=1S/C7H14O4/c1-7(2,3)11-6(9)10-5-4-8/h8H,4-5H2,1-3H3. The average Bonchev–Trinajstić information content (AvgIpc) is 1.79.